The van der Waals surface area contributed by atoms with Crippen molar-refractivity contribution in [1.82, 2.24) is 4.90 Å². The molecule has 2 heterocycles. The van der Waals surface area contributed by atoms with Crippen LogP contribution in [0.25, 0.3) is 33.0 Å². The van der Waals surface area contributed by atoms with Gasteiger partial charge in [-0.25, -0.2) is 4.90 Å². The summed E-state index contributed by atoms with van der Waals surface area (Å²) in [5, 5.41) is 34.0. The van der Waals surface area contributed by atoms with Crippen LogP contribution in [0.1, 0.15) is 72.8 Å². The number of rotatable bonds is 9. The largest absolute Gasteiger partial charge is 0.394 e. The highest BCUT2D eigenvalue weighted by Gasteiger charge is 2.45. The number of anilines is 1. The number of benzene rings is 5. The lowest BCUT2D eigenvalue weighted by molar-refractivity contribution is -0.385. The van der Waals surface area contributed by atoms with Crippen molar-refractivity contribution in [2.75, 3.05) is 11.5 Å². The van der Waals surface area contributed by atoms with Crippen molar-refractivity contribution in [2.24, 2.45) is 0 Å². The van der Waals surface area contributed by atoms with Crippen molar-refractivity contribution < 1.29 is 34.1 Å². The molecule has 4 amide bonds. The van der Waals surface area contributed by atoms with E-state index in [1.165, 1.54) is 48.5 Å². The van der Waals surface area contributed by atoms with Gasteiger partial charge in [0.1, 0.15) is 0 Å². The minimum atomic E-state index is -0.957. The molecule has 1 unspecified atom stereocenters. The number of nitrogens with zero attached hydrogens (tertiary/aromatic N) is 4. The second kappa shape index (κ2) is 12.6. The zero-order valence-corrected chi connectivity index (χ0v) is 28.2. The fourth-order valence-electron chi connectivity index (χ4n) is 7.37. The highest BCUT2D eigenvalue weighted by Crippen LogP contribution is 2.48. The molecule has 13 nitrogen and oxygen atoms in total. The van der Waals surface area contributed by atoms with Crippen molar-refractivity contribution >= 4 is 51.5 Å². The SMILES string of the molecule is CCc1cccc(C)c1N1C(=O)c2cc(-c3cccc([N+](=O)[O-])c3)c3c4c(cc(-c5cccc([N+](=O)[O-])c5)c(c24)C1=O)C(=O)N(C(CC)CO)C3=O. The van der Waals surface area contributed by atoms with Crippen LogP contribution in [0, 0.1) is 27.2 Å². The molecule has 0 fully saturated rings. The highest BCUT2D eigenvalue weighted by molar-refractivity contribution is 6.42. The van der Waals surface area contributed by atoms with Crippen molar-refractivity contribution in [2.45, 2.75) is 39.7 Å². The molecule has 0 saturated heterocycles. The summed E-state index contributed by atoms with van der Waals surface area (Å²) in [5.74, 6) is -3.11. The molecule has 0 spiro atoms. The van der Waals surface area contributed by atoms with Gasteiger partial charge >= 0.3 is 0 Å². The summed E-state index contributed by atoms with van der Waals surface area (Å²) in [6, 6.07) is 18.3. The van der Waals surface area contributed by atoms with Gasteiger partial charge in [0, 0.05) is 46.2 Å². The number of nitro groups is 2. The normalized spacial score (nSPS) is 14.3. The van der Waals surface area contributed by atoms with Crippen molar-refractivity contribution in [3.8, 4) is 22.3 Å². The van der Waals surface area contributed by atoms with Crippen LogP contribution in [0.4, 0.5) is 17.1 Å². The number of aliphatic hydroxyl groups is 1. The first-order chi connectivity index (χ1) is 24.9. The first-order valence-corrected chi connectivity index (χ1v) is 16.6. The minimum absolute atomic E-state index is 0.00378. The summed E-state index contributed by atoms with van der Waals surface area (Å²) >= 11 is 0. The van der Waals surface area contributed by atoms with Crippen LogP contribution in [0.3, 0.4) is 0 Å². The molecule has 1 atom stereocenters. The Morgan fingerprint density at radius 2 is 1.19 bits per heavy atom. The van der Waals surface area contributed by atoms with Gasteiger partial charge in [0.25, 0.3) is 35.0 Å². The standard InChI is InChI=1S/C39H30N4O9/c1-4-21-10-6-9-20(3)35(21)41-37(46)30-18-27(22-11-7-13-25(15-22)42(49)50)33-31-29(36(45)40(38(33)47)24(5-2)19-44)17-28(34(32(30)31)39(41)48)23-12-8-14-26(16-23)43(51)52/h6-18,24,44H,4-5,19H2,1-3H3. The Labute approximate surface area is 296 Å². The second-order valence-electron chi connectivity index (χ2n) is 12.7. The molecule has 7 rings (SSSR count). The molecule has 0 bridgehead atoms. The van der Waals surface area contributed by atoms with Crippen LogP contribution >= 0.6 is 0 Å². The van der Waals surface area contributed by atoms with Crippen molar-refractivity contribution in [3.63, 3.8) is 0 Å². The average Bonchev–Trinajstić information content (AvgIpc) is 3.14. The van der Waals surface area contributed by atoms with Gasteiger partial charge in [0.05, 0.1) is 39.3 Å². The first kappa shape index (κ1) is 33.9. The Morgan fingerprint density at radius 1 is 0.673 bits per heavy atom. The Kier molecular flexibility index (Phi) is 8.22. The number of non-ortho nitro benzene ring substituents is 2. The Morgan fingerprint density at radius 3 is 1.69 bits per heavy atom. The lowest BCUT2D eigenvalue weighted by Crippen LogP contribution is -2.49. The summed E-state index contributed by atoms with van der Waals surface area (Å²) < 4.78 is 0. The van der Waals surface area contributed by atoms with Gasteiger partial charge in [0.2, 0.25) is 0 Å². The Hall–Kier alpha value is -6.60. The number of amides is 4. The molecule has 5 aromatic carbocycles. The van der Waals surface area contributed by atoms with E-state index < -0.39 is 46.1 Å². The maximum Gasteiger partial charge on any atom is 0.270 e. The van der Waals surface area contributed by atoms with Gasteiger partial charge in [-0.2, -0.15) is 0 Å². The van der Waals surface area contributed by atoms with E-state index in [2.05, 4.69) is 0 Å². The number of nitro benzene ring substituents is 2. The van der Waals surface area contributed by atoms with E-state index in [1.807, 2.05) is 13.0 Å². The average molecular weight is 699 g/mol. The number of carbonyl (C=O) groups excluding carboxylic acids is 4. The van der Waals surface area contributed by atoms with E-state index in [-0.39, 0.29) is 73.1 Å². The number of hydrogen-bond acceptors (Lipinski definition) is 9. The molecule has 0 saturated carbocycles. The molecule has 2 aliphatic rings. The van der Waals surface area contributed by atoms with Crippen molar-refractivity contribution in [3.05, 3.63) is 132 Å². The molecular formula is C39H30N4O9. The third-order valence-corrected chi connectivity index (χ3v) is 9.85. The van der Waals surface area contributed by atoms with E-state index in [9.17, 15) is 44.5 Å². The van der Waals surface area contributed by atoms with Gasteiger partial charge in [-0.15, -0.1) is 0 Å². The van der Waals surface area contributed by atoms with Crippen LogP contribution in [-0.4, -0.2) is 56.1 Å². The van der Waals surface area contributed by atoms with Crippen LogP contribution in [0.15, 0.2) is 78.9 Å². The first-order valence-electron chi connectivity index (χ1n) is 16.6. The van der Waals surface area contributed by atoms with Crippen LogP contribution in [-0.2, 0) is 6.42 Å². The summed E-state index contributed by atoms with van der Waals surface area (Å²) in [4.78, 5) is 83.3. The molecule has 0 radical (unpaired) electrons. The zero-order valence-electron chi connectivity index (χ0n) is 28.2. The molecule has 5 aromatic rings. The monoisotopic (exact) mass is 698 g/mol. The smallest absolute Gasteiger partial charge is 0.270 e. The van der Waals surface area contributed by atoms with Crippen molar-refractivity contribution in [1.29, 1.82) is 0 Å². The highest BCUT2D eigenvalue weighted by atomic mass is 16.6. The lowest BCUT2D eigenvalue weighted by Gasteiger charge is -2.37. The van der Waals surface area contributed by atoms with Gasteiger partial charge < -0.3 is 5.11 Å². The van der Waals surface area contributed by atoms with E-state index in [0.29, 0.717) is 23.2 Å². The fourth-order valence-corrected chi connectivity index (χ4v) is 7.37. The second-order valence-corrected chi connectivity index (χ2v) is 12.7. The molecule has 13 heteroatoms. The summed E-state index contributed by atoms with van der Waals surface area (Å²) in [5.41, 5.74) is 1.52. The van der Waals surface area contributed by atoms with Crippen LogP contribution in [0.5, 0.6) is 0 Å². The zero-order chi connectivity index (χ0) is 37.2. The predicted octanol–water partition coefficient (Wildman–Crippen LogP) is 7.03. The van der Waals surface area contributed by atoms with Gasteiger partial charge in [0.15, 0.2) is 0 Å². The summed E-state index contributed by atoms with van der Waals surface area (Å²) in [6.07, 6.45) is 0.655. The number of imide groups is 2. The van der Waals surface area contributed by atoms with Crippen LogP contribution in [0.2, 0.25) is 0 Å². The number of carbonyl (C=O) groups is 4. The van der Waals surface area contributed by atoms with Crippen LogP contribution < -0.4 is 4.90 Å². The maximum absolute atomic E-state index is 15.0. The minimum Gasteiger partial charge on any atom is -0.394 e. The van der Waals surface area contributed by atoms with E-state index in [4.69, 9.17) is 0 Å². The van der Waals surface area contributed by atoms with Gasteiger partial charge in [-0.1, -0.05) is 56.3 Å². The number of hydrogen-bond donors (Lipinski definition) is 1. The summed E-state index contributed by atoms with van der Waals surface area (Å²) in [7, 11) is 0. The van der Waals surface area contributed by atoms with E-state index >= 15 is 0 Å². The van der Waals surface area contributed by atoms with E-state index in [1.54, 1.807) is 38.1 Å². The molecule has 260 valence electrons. The fraction of sp³-hybridized carbons (Fsp3) is 0.179. The van der Waals surface area contributed by atoms with Gasteiger partial charge in [-0.3, -0.25) is 44.3 Å². The predicted molar refractivity (Wildman–Crippen MR) is 191 cm³/mol. The Bertz CT molecular complexity index is 2450. The molecule has 0 aliphatic carbocycles. The third kappa shape index (κ3) is 4.96. The molecule has 52 heavy (non-hydrogen) atoms. The lowest BCUT2D eigenvalue weighted by atomic mass is 9.78. The quantitative estimate of drug-likeness (QED) is 0.0960. The topological polar surface area (TPSA) is 181 Å². The number of aliphatic hydroxyl groups excluding tert-OH is 1. The third-order valence-electron chi connectivity index (χ3n) is 9.85. The molecular weight excluding hydrogens is 668 g/mol. The molecule has 1 N–H and O–H groups in total. The summed E-state index contributed by atoms with van der Waals surface area (Å²) in [6.45, 7) is 4.77. The molecule has 0 aromatic heterocycles. The van der Waals surface area contributed by atoms with Gasteiger partial charge in [-0.05, 0) is 65.3 Å². The van der Waals surface area contributed by atoms with E-state index in [0.717, 1.165) is 9.80 Å². The maximum atomic E-state index is 15.0. The number of para-hydroxylation sites is 1. The Balaban J connectivity index is 1.68. The number of aryl methyl sites for hydroxylation is 2. The molecule has 2 aliphatic heterocycles.